The summed E-state index contributed by atoms with van der Waals surface area (Å²) >= 11 is 0. The van der Waals surface area contributed by atoms with Gasteiger partial charge in [-0.25, -0.2) is 4.79 Å². The topological polar surface area (TPSA) is 81.1 Å². The molecule has 0 aliphatic carbocycles. The fraction of sp³-hybridized carbons (Fsp3) is 0.314. The minimum absolute atomic E-state index is 0.624. The molecule has 1 aromatic heterocycles. The maximum atomic E-state index is 12.9. The van der Waals surface area contributed by atoms with E-state index in [1.807, 2.05) is 70.3 Å². The number of carbonyl (C=O) groups is 1. The van der Waals surface area contributed by atoms with Crippen LogP contribution in [0, 0.1) is 6.92 Å². The molecule has 6 rings (SSSR count). The first-order chi connectivity index (χ1) is 20.1. The quantitative estimate of drug-likeness (QED) is 0.256. The number of carboxylic acids is 1. The van der Waals surface area contributed by atoms with E-state index in [1.54, 1.807) is 7.11 Å². The number of benzene rings is 3. The molecule has 0 saturated heterocycles. The molecule has 0 fully saturated rings. The van der Waals surface area contributed by atoms with Gasteiger partial charge in [-0.2, -0.15) is 0 Å². The molecule has 7 heteroatoms. The number of hydrogen-bond donors (Lipinski definition) is 1. The molecule has 216 valence electrons. The van der Waals surface area contributed by atoms with Gasteiger partial charge in [0.25, 0.3) is 0 Å². The fourth-order valence-corrected chi connectivity index (χ4v) is 6.12. The summed E-state index contributed by atoms with van der Waals surface area (Å²) in [7, 11) is 1.67. The number of carboxylic acid groups (broad SMARTS) is 1. The molecule has 0 unspecified atom stereocenters. The minimum Gasteiger partial charge on any atom is -0.497 e. The highest BCUT2D eigenvalue weighted by atomic mass is 16.5. The molecular weight excluding hydrogens is 528 g/mol. The number of aryl methyl sites for hydroxylation is 1. The average molecular weight is 565 g/mol. The molecule has 0 bridgehead atoms. The van der Waals surface area contributed by atoms with Gasteiger partial charge in [0.1, 0.15) is 11.5 Å². The lowest BCUT2D eigenvalue weighted by Crippen LogP contribution is -2.30. The number of aliphatic carboxylic acids is 1. The highest BCUT2D eigenvalue weighted by molar-refractivity contribution is 6.04. The second-order valence-corrected chi connectivity index (χ2v) is 11.9. The molecule has 42 heavy (non-hydrogen) atoms. The molecule has 4 aromatic rings. The molecule has 0 spiro atoms. The number of pyridine rings is 1. The first-order valence-corrected chi connectivity index (χ1v) is 14.3. The second kappa shape index (κ2) is 10.8. The predicted molar refractivity (Wildman–Crippen MR) is 165 cm³/mol. The number of aromatic nitrogens is 1. The van der Waals surface area contributed by atoms with E-state index in [2.05, 4.69) is 29.2 Å². The van der Waals surface area contributed by atoms with Gasteiger partial charge in [-0.15, -0.1) is 0 Å². The lowest BCUT2D eigenvalue weighted by atomic mass is 9.84. The van der Waals surface area contributed by atoms with Crippen molar-refractivity contribution >= 4 is 28.6 Å². The molecule has 1 N–H and O–H groups in total. The van der Waals surface area contributed by atoms with E-state index in [-0.39, 0.29) is 0 Å². The van der Waals surface area contributed by atoms with Crippen LogP contribution in [0.25, 0.3) is 28.1 Å². The van der Waals surface area contributed by atoms with Gasteiger partial charge in [0.05, 0.1) is 24.8 Å². The third kappa shape index (κ3) is 5.09. The first kappa shape index (κ1) is 27.8. The summed E-state index contributed by atoms with van der Waals surface area (Å²) in [5.74, 6) is 0.594. The van der Waals surface area contributed by atoms with Crippen molar-refractivity contribution in [2.45, 2.75) is 52.4 Å². The van der Waals surface area contributed by atoms with Crippen LogP contribution in [0.5, 0.6) is 11.5 Å². The van der Waals surface area contributed by atoms with E-state index in [1.165, 1.54) is 5.56 Å². The van der Waals surface area contributed by atoms with Gasteiger partial charge in [0, 0.05) is 53.5 Å². The van der Waals surface area contributed by atoms with Gasteiger partial charge in [-0.3, -0.25) is 4.98 Å². The van der Waals surface area contributed by atoms with E-state index >= 15 is 0 Å². The number of methoxy groups -OCH3 is 1. The molecule has 2 aliphatic heterocycles. The third-order valence-corrected chi connectivity index (χ3v) is 7.85. The van der Waals surface area contributed by atoms with Crippen LogP contribution < -0.4 is 14.4 Å². The Balaban J connectivity index is 1.62. The Bertz CT molecular complexity index is 1710. The Morgan fingerprint density at radius 2 is 2.00 bits per heavy atom. The summed E-state index contributed by atoms with van der Waals surface area (Å²) < 4.78 is 17.7. The van der Waals surface area contributed by atoms with Crippen molar-refractivity contribution in [1.29, 1.82) is 0 Å². The number of ether oxygens (including phenoxy) is 3. The Labute approximate surface area is 246 Å². The summed E-state index contributed by atoms with van der Waals surface area (Å²) in [6.45, 7) is 9.64. The highest BCUT2D eigenvalue weighted by Crippen LogP contribution is 2.47. The van der Waals surface area contributed by atoms with Crippen molar-refractivity contribution in [2.75, 3.05) is 25.2 Å². The van der Waals surface area contributed by atoms with Gasteiger partial charge in [-0.1, -0.05) is 24.3 Å². The van der Waals surface area contributed by atoms with Crippen LogP contribution in [0.15, 0.2) is 60.8 Å². The zero-order chi connectivity index (χ0) is 29.6. The second-order valence-electron chi connectivity index (χ2n) is 11.9. The largest absolute Gasteiger partial charge is 0.497 e. The van der Waals surface area contributed by atoms with Crippen LogP contribution in [0.2, 0.25) is 0 Å². The molecule has 2 aliphatic rings. The van der Waals surface area contributed by atoms with E-state index < -0.39 is 17.7 Å². The lowest BCUT2D eigenvalue weighted by molar-refractivity contribution is -0.160. The summed E-state index contributed by atoms with van der Waals surface area (Å²) in [5, 5.41) is 11.5. The van der Waals surface area contributed by atoms with Crippen LogP contribution in [-0.4, -0.2) is 41.9 Å². The summed E-state index contributed by atoms with van der Waals surface area (Å²) in [4.78, 5) is 20.0. The average Bonchev–Trinajstić information content (AvgIpc) is 2.96. The van der Waals surface area contributed by atoms with E-state index in [4.69, 9.17) is 19.2 Å². The highest BCUT2D eigenvalue weighted by Gasteiger charge is 2.34. The van der Waals surface area contributed by atoms with Crippen molar-refractivity contribution in [3.05, 3.63) is 88.6 Å². The Hall–Kier alpha value is -4.36. The van der Waals surface area contributed by atoms with Crippen molar-refractivity contribution in [3.8, 4) is 22.6 Å². The maximum Gasteiger partial charge on any atom is 0.337 e. The molecule has 7 nitrogen and oxygen atoms in total. The predicted octanol–water partition coefficient (Wildman–Crippen LogP) is 7.13. The van der Waals surface area contributed by atoms with Crippen LogP contribution in [-0.2, 0) is 22.5 Å². The molecule has 0 radical (unpaired) electrons. The van der Waals surface area contributed by atoms with Crippen molar-refractivity contribution in [1.82, 2.24) is 4.98 Å². The van der Waals surface area contributed by atoms with E-state index in [0.717, 1.165) is 68.9 Å². The van der Waals surface area contributed by atoms with Crippen LogP contribution in [0.3, 0.4) is 0 Å². The Kier molecular flexibility index (Phi) is 7.15. The Morgan fingerprint density at radius 3 is 2.76 bits per heavy atom. The van der Waals surface area contributed by atoms with Crippen LogP contribution >= 0.6 is 0 Å². The number of anilines is 1. The molecule has 0 amide bonds. The molecule has 1 atom stereocenters. The van der Waals surface area contributed by atoms with Gasteiger partial charge in [-0.05, 0) is 86.3 Å². The smallest absolute Gasteiger partial charge is 0.337 e. The van der Waals surface area contributed by atoms with Crippen molar-refractivity contribution < 1.29 is 24.1 Å². The zero-order valence-corrected chi connectivity index (χ0v) is 24.7. The first-order valence-electron chi connectivity index (χ1n) is 14.3. The molecule has 3 aromatic carbocycles. The fourth-order valence-electron chi connectivity index (χ4n) is 6.12. The maximum absolute atomic E-state index is 12.9. The molecular formula is C35H36N2O5. The summed E-state index contributed by atoms with van der Waals surface area (Å²) in [6, 6.07) is 16.2. The van der Waals surface area contributed by atoms with E-state index in [9.17, 15) is 9.90 Å². The lowest BCUT2D eigenvalue weighted by Gasteiger charge is -2.34. The van der Waals surface area contributed by atoms with Crippen LogP contribution in [0.4, 0.5) is 5.69 Å². The van der Waals surface area contributed by atoms with Gasteiger partial charge >= 0.3 is 5.97 Å². The van der Waals surface area contributed by atoms with Crippen LogP contribution in [0.1, 0.15) is 54.7 Å². The third-order valence-electron chi connectivity index (χ3n) is 7.85. The zero-order valence-electron chi connectivity index (χ0n) is 24.7. The molecule has 0 saturated carbocycles. The van der Waals surface area contributed by atoms with Crippen molar-refractivity contribution in [2.24, 2.45) is 0 Å². The number of nitrogens with zero attached hydrogens (tertiary/aromatic N) is 2. The summed E-state index contributed by atoms with van der Waals surface area (Å²) in [6.07, 6.45) is 5.70. The number of rotatable bonds is 7. The minimum atomic E-state index is -1.17. The number of fused-ring (bicyclic) bond motifs is 1. The monoisotopic (exact) mass is 564 g/mol. The Morgan fingerprint density at radius 1 is 1.17 bits per heavy atom. The van der Waals surface area contributed by atoms with Crippen molar-refractivity contribution in [3.63, 3.8) is 0 Å². The van der Waals surface area contributed by atoms with Gasteiger partial charge in [0.2, 0.25) is 0 Å². The standard InChI is InChI=1S/C35H36N2O5/c1-21-18-27-25(10-7-16-37(27)20-22-8-6-9-24(19-22)40-5)31(29(21)33(34(38)39)42-35(2,3)4)26-11-12-28-30-23(14-17-41-28)13-15-36-32(26)30/h6-13,15,18-19,33H,14,16-17,20H2,1-5H3,(H,38,39)/t33-/m0/s1. The number of hydrogen-bond acceptors (Lipinski definition) is 6. The summed E-state index contributed by atoms with van der Waals surface area (Å²) in [5.41, 5.74) is 7.61. The molecule has 3 heterocycles. The normalized spacial score (nSPS) is 14.8. The van der Waals surface area contributed by atoms with Gasteiger partial charge in [0.15, 0.2) is 6.10 Å². The van der Waals surface area contributed by atoms with E-state index in [0.29, 0.717) is 18.7 Å². The SMILES string of the molecule is COc1cccc(CN2CC=Cc3c2cc(C)c([C@H](OC(C)(C)C)C(=O)O)c3-c2ccc3c4c(ccnc24)CCO3)c1. The van der Waals surface area contributed by atoms with Gasteiger partial charge < -0.3 is 24.2 Å².